The molecule has 128 valence electrons. The van der Waals surface area contributed by atoms with Crippen LogP contribution in [0.3, 0.4) is 0 Å². The lowest BCUT2D eigenvalue weighted by atomic mass is 10.1. The van der Waals surface area contributed by atoms with Crippen LogP contribution < -0.4 is 10.2 Å². The van der Waals surface area contributed by atoms with Crippen molar-refractivity contribution in [3.8, 4) is 0 Å². The predicted octanol–water partition coefficient (Wildman–Crippen LogP) is 1.91. The maximum absolute atomic E-state index is 12.1. The summed E-state index contributed by atoms with van der Waals surface area (Å²) in [6.45, 7) is 4.20. The van der Waals surface area contributed by atoms with E-state index in [2.05, 4.69) is 20.4 Å². The standard InChI is InChI=1S/C17H22N4O3/c1-2-23-12-14(22)18-15(13-8-4-3-5-9-13)16-19-20-17(24-16)21-10-6-7-11-21/h3-5,8-9,15H,2,6-7,10-12H2,1H3,(H,18,22). The zero-order chi connectivity index (χ0) is 16.8. The number of benzene rings is 1. The van der Waals surface area contributed by atoms with Gasteiger partial charge >= 0.3 is 6.01 Å². The molecule has 0 saturated carbocycles. The molecule has 1 saturated heterocycles. The highest BCUT2D eigenvalue weighted by molar-refractivity contribution is 5.78. The van der Waals surface area contributed by atoms with Crippen LogP contribution in [0.15, 0.2) is 34.7 Å². The van der Waals surface area contributed by atoms with E-state index in [0.29, 0.717) is 18.5 Å². The molecule has 0 spiro atoms. The number of anilines is 1. The molecule has 1 aromatic heterocycles. The Morgan fingerprint density at radius 1 is 1.29 bits per heavy atom. The minimum Gasteiger partial charge on any atom is -0.405 e. The topological polar surface area (TPSA) is 80.5 Å². The Kier molecular flexibility index (Phi) is 5.43. The van der Waals surface area contributed by atoms with E-state index in [1.165, 1.54) is 0 Å². The molecular weight excluding hydrogens is 308 g/mol. The molecule has 7 nitrogen and oxygen atoms in total. The number of ether oxygens (including phenoxy) is 1. The summed E-state index contributed by atoms with van der Waals surface area (Å²) in [5, 5.41) is 11.2. The SMILES string of the molecule is CCOCC(=O)NC(c1ccccc1)c1nnc(N2CCCC2)o1. The monoisotopic (exact) mass is 330 g/mol. The number of nitrogens with zero attached hydrogens (tertiary/aromatic N) is 3. The highest BCUT2D eigenvalue weighted by Gasteiger charge is 2.25. The fraction of sp³-hybridized carbons (Fsp3) is 0.471. The molecule has 1 aliphatic heterocycles. The van der Waals surface area contributed by atoms with E-state index in [4.69, 9.17) is 9.15 Å². The average Bonchev–Trinajstić information content (AvgIpc) is 3.29. The third-order valence-corrected chi connectivity index (χ3v) is 3.93. The number of hydrogen-bond donors (Lipinski definition) is 1. The molecule has 2 heterocycles. The molecule has 1 fully saturated rings. The third-order valence-electron chi connectivity index (χ3n) is 3.93. The van der Waals surface area contributed by atoms with E-state index in [1.807, 2.05) is 37.3 Å². The molecular formula is C17H22N4O3. The van der Waals surface area contributed by atoms with Crippen molar-refractivity contribution in [3.63, 3.8) is 0 Å². The van der Waals surface area contributed by atoms with Gasteiger partial charge in [0.25, 0.3) is 0 Å². The number of aromatic nitrogens is 2. The Morgan fingerprint density at radius 3 is 2.75 bits per heavy atom. The summed E-state index contributed by atoms with van der Waals surface area (Å²) in [4.78, 5) is 14.2. The Balaban J connectivity index is 1.80. The van der Waals surface area contributed by atoms with Crippen LogP contribution in [0.4, 0.5) is 6.01 Å². The van der Waals surface area contributed by atoms with Gasteiger partial charge in [0, 0.05) is 19.7 Å². The maximum Gasteiger partial charge on any atom is 0.318 e. The van der Waals surface area contributed by atoms with Crippen molar-refractivity contribution in [2.24, 2.45) is 0 Å². The summed E-state index contributed by atoms with van der Waals surface area (Å²) in [5.74, 6) is 0.166. The first kappa shape index (κ1) is 16.4. The Labute approximate surface area is 141 Å². The number of nitrogens with one attached hydrogen (secondary N) is 1. The fourth-order valence-electron chi connectivity index (χ4n) is 2.71. The summed E-state index contributed by atoms with van der Waals surface area (Å²) in [6, 6.07) is 9.62. The second kappa shape index (κ2) is 7.92. The zero-order valence-electron chi connectivity index (χ0n) is 13.8. The lowest BCUT2D eigenvalue weighted by Gasteiger charge is -2.16. The molecule has 1 aromatic carbocycles. The van der Waals surface area contributed by atoms with Crippen molar-refractivity contribution >= 4 is 11.9 Å². The molecule has 0 bridgehead atoms. The highest BCUT2D eigenvalue weighted by Crippen LogP contribution is 2.25. The minimum absolute atomic E-state index is 0.00690. The molecule has 1 aliphatic rings. The number of hydrogen-bond acceptors (Lipinski definition) is 6. The summed E-state index contributed by atoms with van der Waals surface area (Å²) < 4.78 is 11.0. The number of carbonyl (C=O) groups is 1. The Morgan fingerprint density at radius 2 is 2.04 bits per heavy atom. The third kappa shape index (κ3) is 3.91. The van der Waals surface area contributed by atoms with Gasteiger partial charge in [-0.05, 0) is 25.3 Å². The molecule has 24 heavy (non-hydrogen) atoms. The van der Waals surface area contributed by atoms with Gasteiger partial charge in [-0.25, -0.2) is 0 Å². The Hall–Kier alpha value is -2.41. The first-order chi connectivity index (χ1) is 11.8. The molecule has 7 heteroatoms. The zero-order valence-corrected chi connectivity index (χ0v) is 13.8. The lowest BCUT2D eigenvalue weighted by molar-refractivity contribution is -0.126. The second-order valence-corrected chi connectivity index (χ2v) is 5.67. The molecule has 0 radical (unpaired) electrons. The van der Waals surface area contributed by atoms with Crippen LogP contribution >= 0.6 is 0 Å². The summed E-state index contributed by atoms with van der Waals surface area (Å²) >= 11 is 0. The van der Waals surface area contributed by atoms with Crippen LogP contribution in [0.25, 0.3) is 0 Å². The minimum atomic E-state index is -0.483. The average molecular weight is 330 g/mol. The van der Waals surface area contributed by atoms with Crippen LogP contribution in [-0.2, 0) is 9.53 Å². The summed E-state index contributed by atoms with van der Waals surface area (Å²) in [5.41, 5.74) is 0.888. The fourth-order valence-corrected chi connectivity index (χ4v) is 2.71. The largest absolute Gasteiger partial charge is 0.405 e. The van der Waals surface area contributed by atoms with Gasteiger partial charge in [-0.1, -0.05) is 35.4 Å². The maximum atomic E-state index is 12.1. The molecule has 1 amide bonds. The van der Waals surface area contributed by atoms with E-state index < -0.39 is 6.04 Å². The van der Waals surface area contributed by atoms with Gasteiger partial charge in [0.05, 0.1) is 0 Å². The first-order valence-electron chi connectivity index (χ1n) is 8.28. The van der Waals surface area contributed by atoms with E-state index in [9.17, 15) is 4.79 Å². The quantitative estimate of drug-likeness (QED) is 0.835. The van der Waals surface area contributed by atoms with Crippen LogP contribution in [0.1, 0.15) is 37.3 Å². The van der Waals surface area contributed by atoms with Crippen molar-refractivity contribution < 1.29 is 13.9 Å². The van der Waals surface area contributed by atoms with Gasteiger partial charge < -0.3 is 19.4 Å². The van der Waals surface area contributed by atoms with Gasteiger partial charge in [-0.3, -0.25) is 4.79 Å². The summed E-state index contributed by atoms with van der Waals surface area (Å²) in [7, 11) is 0. The molecule has 1 atom stereocenters. The normalized spacial score (nSPS) is 15.5. The van der Waals surface area contributed by atoms with Crippen molar-refractivity contribution in [2.45, 2.75) is 25.8 Å². The van der Waals surface area contributed by atoms with Gasteiger partial charge in [0.15, 0.2) is 0 Å². The van der Waals surface area contributed by atoms with Gasteiger partial charge in [0.1, 0.15) is 12.6 Å². The molecule has 2 aromatic rings. The van der Waals surface area contributed by atoms with Gasteiger partial charge in [-0.2, -0.15) is 0 Å². The van der Waals surface area contributed by atoms with Crippen molar-refractivity contribution in [1.82, 2.24) is 15.5 Å². The second-order valence-electron chi connectivity index (χ2n) is 5.67. The number of rotatable bonds is 7. The first-order valence-corrected chi connectivity index (χ1v) is 8.28. The van der Waals surface area contributed by atoms with Crippen molar-refractivity contribution in [3.05, 3.63) is 41.8 Å². The van der Waals surface area contributed by atoms with Crippen LogP contribution in [0.5, 0.6) is 0 Å². The smallest absolute Gasteiger partial charge is 0.318 e. The molecule has 0 aliphatic carbocycles. The van der Waals surface area contributed by atoms with Crippen LogP contribution in [-0.4, -0.2) is 42.4 Å². The molecule has 3 rings (SSSR count). The van der Waals surface area contributed by atoms with Crippen LogP contribution in [0.2, 0.25) is 0 Å². The predicted molar refractivity (Wildman–Crippen MR) is 88.7 cm³/mol. The molecule has 1 N–H and O–H groups in total. The Bertz CT molecular complexity index is 653. The van der Waals surface area contributed by atoms with E-state index in [-0.39, 0.29) is 12.5 Å². The number of carbonyl (C=O) groups excluding carboxylic acids is 1. The highest BCUT2D eigenvalue weighted by atomic mass is 16.5. The van der Waals surface area contributed by atoms with Gasteiger partial charge in [-0.15, -0.1) is 5.10 Å². The summed E-state index contributed by atoms with van der Waals surface area (Å²) in [6.07, 6.45) is 2.26. The van der Waals surface area contributed by atoms with Gasteiger partial charge in [0.2, 0.25) is 11.8 Å². The van der Waals surface area contributed by atoms with E-state index in [0.717, 1.165) is 31.5 Å². The van der Waals surface area contributed by atoms with Crippen molar-refractivity contribution in [1.29, 1.82) is 0 Å². The van der Waals surface area contributed by atoms with Crippen LogP contribution in [0, 0.1) is 0 Å². The molecule has 1 unspecified atom stereocenters. The number of amides is 1. The van der Waals surface area contributed by atoms with E-state index in [1.54, 1.807) is 0 Å². The van der Waals surface area contributed by atoms with Crippen molar-refractivity contribution in [2.75, 3.05) is 31.2 Å². The van der Waals surface area contributed by atoms with E-state index >= 15 is 0 Å². The lowest BCUT2D eigenvalue weighted by Crippen LogP contribution is -2.32.